The van der Waals surface area contributed by atoms with Crippen LogP contribution in [0.3, 0.4) is 0 Å². The Labute approximate surface area is 198 Å². The van der Waals surface area contributed by atoms with Gasteiger partial charge in [0.1, 0.15) is 11.8 Å². The lowest BCUT2D eigenvalue weighted by Crippen LogP contribution is -2.46. The summed E-state index contributed by atoms with van der Waals surface area (Å²) in [5.41, 5.74) is 1.60. The Balaban J connectivity index is 1.70. The van der Waals surface area contributed by atoms with Crippen LogP contribution in [-0.4, -0.2) is 34.8 Å². The van der Waals surface area contributed by atoms with Crippen LogP contribution in [0.15, 0.2) is 66.3 Å². The van der Waals surface area contributed by atoms with Crippen LogP contribution in [0.5, 0.6) is 5.75 Å². The van der Waals surface area contributed by atoms with Gasteiger partial charge in [-0.2, -0.15) is 0 Å². The highest BCUT2D eigenvalue weighted by Crippen LogP contribution is 2.29. The number of aromatic nitrogens is 1. The number of methoxy groups -OCH3 is 1. The van der Waals surface area contributed by atoms with Gasteiger partial charge in [-0.15, -0.1) is 11.3 Å². The van der Waals surface area contributed by atoms with E-state index in [1.54, 1.807) is 35.7 Å². The minimum Gasteiger partial charge on any atom is -0.496 e. The fraction of sp³-hybridized carbons (Fsp3) is 0.346. The molecule has 0 saturated heterocycles. The third kappa shape index (κ3) is 5.79. The van der Waals surface area contributed by atoms with Crippen molar-refractivity contribution in [1.29, 1.82) is 0 Å². The predicted molar refractivity (Wildman–Crippen MR) is 129 cm³/mol. The fourth-order valence-electron chi connectivity index (χ4n) is 4.37. The molecule has 7 heteroatoms. The van der Waals surface area contributed by atoms with Gasteiger partial charge in [-0.1, -0.05) is 37.1 Å². The molecular formula is C26H29N3O3S. The van der Waals surface area contributed by atoms with Crippen molar-refractivity contribution in [2.24, 2.45) is 0 Å². The lowest BCUT2D eigenvalue weighted by Gasteiger charge is -2.32. The first-order valence-electron chi connectivity index (χ1n) is 11.3. The largest absolute Gasteiger partial charge is 0.496 e. The highest BCUT2D eigenvalue weighted by atomic mass is 32.1. The maximum Gasteiger partial charge on any atom is 0.247 e. The van der Waals surface area contributed by atoms with E-state index >= 15 is 0 Å². The van der Waals surface area contributed by atoms with Gasteiger partial charge < -0.3 is 15.0 Å². The molecule has 6 nitrogen and oxygen atoms in total. The highest BCUT2D eigenvalue weighted by Gasteiger charge is 2.33. The van der Waals surface area contributed by atoms with E-state index in [1.165, 1.54) is 0 Å². The van der Waals surface area contributed by atoms with Crippen LogP contribution in [0.1, 0.15) is 47.7 Å². The van der Waals surface area contributed by atoms with E-state index in [4.69, 9.17) is 4.74 Å². The predicted octanol–water partition coefficient (Wildman–Crippen LogP) is 4.52. The minimum absolute atomic E-state index is 0.105. The quantitative estimate of drug-likeness (QED) is 0.506. The SMILES string of the molecule is COc1ccccc1CN(C(=O)Cc1cccs1)[C@@H](C(=O)NC1CCCC1)c1ccncc1. The van der Waals surface area contributed by atoms with Crippen molar-refractivity contribution in [3.05, 3.63) is 82.3 Å². The lowest BCUT2D eigenvalue weighted by molar-refractivity contribution is -0.141. The zero-order chi connectivity index (χ0) is 23.0. The monoisotopic (exact) mass is 463 g/mol. The summed E-state index contributed by atoms with van der Waals surface area (Å²) in [5.74, 6) is 0.436. The van der Waals surface area contributed by atoms with Crippen molar-refractivity contribution in [3.63, 3.8) is 0 Å². The molecule has 0 spiro atoms. The number of pyridine rings is 1. The number of ether oxygens (including phenoxy) is 1. The number of para-hydroxylation sites is 1. The molecule has 1 aliphatic carbocycles. The zero-order valence-corrected chi connectivity index (χ0v) is 19.6. The van der Waals surface area contributed by atoms with Crippen LogP contribution in [0.25, 0.3) is 0 Å². The van der Waals surface area contributed by atoms with Crippen molar-refractivity contribution in [1.82, 2.24) is 15.2 Å². The van der Waals surface area contributed by atoms with Gasteiger partial charge in [0, 0.05) is 28.9 Å². The molecule has 0 aliphatic heterocycles. The molecule has 2 amide bonds. The summed E-state index contributed by atoms with van der Waals surface area (Å²) in [5, 5.41) is 5.16. The van der Waals surface area contributed by atoms with Crippen LogP contribution in [0, 0.1) is 0 Å². The van der Waals surface area contributed by atoms with E-state index in [9.17, 15) is 9.59 Å². The van der Waals surface area contributed by atoms with Gasteiger partial charge in [-0.05, 0) is 48.1 Å². The molecule has 1 fully saturated rings. The van der Waals surface area contributed by atoms with E-state index in [0.717, 1.165) is 41.7 Å². The topological polar surface area (TPSA) is 71.5 Å². The number of nitrogens with one attached hydrogen (secondary N) is 1. The molecule has 1 atom stereocenters. The number of thiophene rings is 1. The number of amides is 2. The normalized spacial score (nSPS) is 14.6. The first-order valence-corrected chi connectivity index (χ1v) is 12.2. The fourth-order valence-corrected chi connectivity index (χ4v) is 5.07. The Kier molecular flexibility index (Phi) is 7.73. The average molecular weight is 464 g/mol. The van der Waals surface area contributed by atoms with E-state index in [-0.39, 0.29) is 30.8 Å². The first kappa shape index (κ1) is 23.0. The van der Waals surface area contributed by atoms with Gasteiger partial charge in [0.2, 0.25) is 11.8 Å². The Morgan fingerprint density at radius 3 is 2.58 bits per heavy atom. The Hall–Kier alpha value is -3.19. The summed E-state index contributed by atoms with van der Waals surface area (Å²) in [6.07, 6.45) is 7.76. The van der Waals surface area contributed by atoms with E-state index in [2.05, 4.69) is 10.3 Å². The van der Waals surface area contributed by atoms with Crippen molar-refractivity contribution in [3.8, 4) is 5.75 Å². The molecule has 33 heavy (non-hydrogen) atoms. The molecule has 0 unspecified atom stereocenters. The zero-order valence-electron chi connectivity index (χ0n) is 18.8. The van der Waals surface area contributed by atoms with E-state index < -0.39 is 6.04 Å². The van der Waals surface area contributed by atoms with Crippen LogP contribution < -0.4 is 10.1 Å². The van der Waals surface area contributed by atoms with Gasteiger partial charge in [0.05, 0.1) is 20.1 Å². The number of benzene rings is 1. The van der Waals surface area contributed by atoms with Gasteiger partial charge in [0.15, 0.2) is 0 Å². The van der Waals surface area contributed by atoms with Crippen LogP contribution in [0.4, 0.5) is 0 Å². The maximum absolute atomic E-state index is 13.7. The van der Waals surface area contributed by atoms with E-state index in [1.807, 2.05) is 53.9 Å². The van der Waals surface area contributed by atoms with Crippen molar-refractivity contribution < 1.29 is 14.3 Å². The molecule has 3 aromatic rings. The summed E-state index contributed by atoms with van der Waals surface area (Å²) >= 11 is 1.54. The van der Waals surface area contributed by atoms with Crippen molar-refractivity contribution in [2.45, 2.75) is 50.7 Å². The molecule has 172 valence electrons. The average Bonchev–Trinajstić information content (AvgIpc) is 3.54. The van der Waals surface area contributed by atoms with Crippen molar-refractivity contribution in [2.75, 3.05) is 7.11 Å². The third-order valence-corrected chi connectivity index (χ3v) is 6.92. The van der Waals surface area contributed by atoms with Crippen molar-refractivity contribution >= 4 is 23.2 Å². The number of carbonyl (C=O) groups is 2. The summed E-state index contributed by atoms with van der Waals surface area (Å²) < 4.78 is 5.54. The smallest absolute Gasteiger partial charge is 0.247 e. The summed E-state index contributed by atoms with van der Waals surface area (Å²) in [7, 11) is 1.61. The number of carbonyl (C=O) groups excluding carboxylic acids is 2. The number of rotatable bonds is 9. The lowest BCUT2D eigenvalue weighted by atomic mass is 10.0. The second-order valence-electron chi connectivity index (χ2n) is 8.26. The second-order valence-corrected chi connectivity index (χ2v) is 9.29. The molecular weight excluding hydrogens is 434 g/mol. The summed E-state index contributed by atoms with van der Waals surface area (Å²) in [6, 6.07) is 14.5. The Morgan fingerprint density at radius 2 is 1.88 bits per heavy atom. The van der Waals surface area contributed by atoms with Crippen LogP contribution >= 0.6 is 11.3 Å². The first-order chi connectivity index (χ1) is 16.2. The molecule has 2 heterocycles. The highest BCUT2D eigenvalue weighted by molar-refractivity contribution is 7.10. The molecule has 4 rings (SSSR count). The number of nitrogens with zero attached hydrogens (tertiary/aromatic N) is 2. The summed E-state index contributed by atoms with van der Waals surface area (Å²) in [4.78, 5) is 34.1. The molecule has 0 bridgehead atoms. The number of hydrogen-bond donors (Lipinski definition) is 1. The van der Waals surface area contributed by atoms with Crippen LogP contribution in [0.2, 0.25) is 0 Å². The molecule has 1 aliphatic rings. The number of hydrogen-bond acceptors (Lipinski definition) is 5. The molecule has 1 N–H and O–H groups in total. The molecule has 1 aromatic carbocycles. The van der Waals surface area contributed by atoms with E-state index in [0.29, 0.717) is 5.75 Å². The Morgan fingerprint density at radius 1 is 1.12 bits per heavy atom. The van der Waals surface area contributed by atoms with Gasteiger partial charge in [-0.25, -0.2) is 0 Å². The molecule has 0 radical (unpaired) electrons. The summed E-state index contributed by atoms with van der Waals surface area (Å²) in [6.45, 7) is 0.263. The molecule has 1 saturated carbocycles. The standard InChI is InChI=1S/C26H29N3O3S/c1-32-23-11-5-2-7-20(23)18-29(24(30)17-22-10-6-16-33-22)25(19-12-14-27-15-13-19)26(31)28-21-8-3-4-9-21/h2,5-7,10-16,21,25H,3-4,8-9,17-18H2,1H3,(H,28,31)/t25-/m1/s1. The van der Waals surface area contributed by atoms with Gasteiger partial charge >= 0.3 is 0 Å². The van der Waals surface area contributed by atoms with Crippen LogP contribution in [-0.2, 0) is 22.6 Å². The molecule has 2 aromatic heterocycles. The third-order valence-electron chi connectivity index (χ3n) is 6.04. The Bertz CT molecular complexity index is 1050. The minimum atomic E-state index is -0.758. The maximum atomic E-state index is 13.7. The second kappa shape index (κ2) is 11.1. The van der Waals surface area contributed by atoms with Gasteiger partial charge in [0.25, 0.3) is 0 Å². The van der Waals surface area contributed by atoms with Gasteiger partial charge in [-0.3, -0.25) is 14.6 Å².